The second-order valence-electron chi connectivity index (χ2n) is 7.13. The molecular formula is C19H27NO3S. The fraction of sp³-hybridized carbons (Fsp3) is 0.684. The molecule has 132 valence electrons. The molecule has 1 aromatic heterocycles. The van der Waals surface area contributed by atoms with Crippen LogP contribution in [0.5, 0.6) is 0 Å². The molecule has 1 N–H and O–H groups in total. The average Bonchev–Trinajstić information content (AvgIpc) is 3.20. The summed E-state index contributed by atoms with van der Waals surface area (Å²) in [4.78, 5) is 26.9. The second-order valence-corrected chi connectivity index (χ2v) is 8.27. The van der Waals surface area contributed by atoms with Gasteiger partial charge in [-0.15, -0.1) is 11.3 Å². The zero-order chi connectivity index (χ0) is 17.0. The number of hydrogen-bond acceptors (Lipinski definition) is 4. The zero-order valence-corrected chi connectivity index (χ0v) is 15.3. The first-order chi connectivity index (χ1) is 11.6. The van der Waals surface area contributed by atoms with Gasteiger partial charge in [-0.05, 0) is 50.2 Å². The monoisotopic (exact) mass is 349 g/mol. The molecule has 0 unspecified atom stereocenters. The topological polar surface area (TPSA) is 55.4 Å². The van der Waals surface area contributed by atoms with E-state index in [9.17, 15) is 9.59 Å². The molecule has 0 spiro atoms. The summed E-state index contributed by atoms with van der Waals surface area (Å²) in [6, 6.07) is 2.07. The van der Waals surface area contributed by atoms with E-state index in [2.05, 4.69) is 11.4 Å². The van der Waals surface area contributed by atoms with E-state index in [4.69, 9.17) is 4.74 Å². The number of methoxy groups -OCH3 is 1. The van der Waals surface area contributed by atoms with Crippen LogP contribution in [-0.4, -0.2) is 25.5 Å². The first kappa shape index (κ1) is 17.5. The smallest absolute Gasteiger partial charge is 0.313 e. The summed E-state index contributed by atoms with van der Waals surface area (Å²) in [5.74, 6) is -0.222. The van der Waals surface area contributed by atoms with Gasteiger partial charge < -0.3 is 10.1 Å². The van der Waals surface area contributed by atoms with Crippen LogP contribution in [0, 0.1) is 5.41 Å². The third kappa shape index (κ3) is 3.66. The molecule has 24 heavy (non-hydrogen) atoms. The molecule has 0 atom stereocenters. The van der Waals surface area contributed by atoms with Crippen molar-refractivity contribution in [2.75, 3.05) is 13.7 Å². The van der Waals surface area contributed by atoms with Gasteiger partial charge in [0.05, 0.1) is 17.4 Å². The van der Waals surface area contributed by atoms with Crippen molar-refractivity contribution >= 4 is 23.2 Å². The third-order valence-electron chi connectivity index (χ3n) is 5.49. The van der Waals surface area contributed by atoms with Crippen LogP contribution in [0.2, 0.25) is 0 Å². The van der Waals surface area contributed by atoms with Gasteiger partial charge in [-0.1, -0.05) is 25.7 Å². The molecule has 1 heterocycles. The minimum absolute atomic E-state index is 0.0399. The Kier molecular flexibility index (Phi) is 5.59. The van der Waals surface area contributed by atoms with Crippen LogP contribution in [0.4, 0.5) is 0 Å². The summed E-state index contributed by atoms with van der Waals surface area (Å²) in [7, 11) is 1.43. The molecule has 0 radical (unpaired) electrons. The first-order valence-corrected chi connectivity index (χ1v) is 9.94. The number of aryl methyl sites for hydroxylation is 2. The van der Waals surface area contributed by atoms with E-state index < -0.39 is 5.41 Å². The Hall–Kier alpha value is -1.36. The van der Waals surface area contributed by atoms with Crippen LogP contribution in [0.3, 0.4) is 0 Å². The van der Waals surface area contributed by atoms with Crippen molar-refractivity contribution in [3.05, 3.63) is 21.4 Å². The number of esters is 1. The van der Waals surface area contributed by atoms with Crippen molar-refractivity contribution in [3.63, 3.8) is 0 Å². The Morgan fingerprint density at radius 1 is 1.12 bits per heavy atom. The maximum absolute atomic E-state index is 12.6. The zero-order valence-electron chi connectivity index (χ0n) is 14.5. The van der Waals surface area contributed by atoms with E-state index in [1.165, 1.54) is 43.2 Å². The largest absolute Gasteiger partial charge is 0.469 e. The Morgan fingerprint density at radius 3 is 2.54 bits per heavy atom. The van der Waals surface area contributed by atoms with Gasteiger partial charge >= 0.3 is 5.97 Å². The molecule has 1 fully saturated rings. The number of fused-ring (bicyclic) bond motifs is 1. The van der Waals surface area contributed by atoms with Crippen LogP contribution >= 0.6 is 11.3 Å². The first-order valence-electron chi connectivity index (χ1n) is 9.13. The third-order valence-corrected chi connectivity index (χ3v) is 6.72. The highest BCUT2D eigenvalue weighted by Crippen LogP contribution is 2.38. The minimum Gasteiger partial charge on any atom is -0.469 e. The van der Waals surface area contributed by atoms with Gasteiger partial charge in [-0.2, -0.15) is 0 Å². The molecule has 0 bridgehead atoms. The van der Waals surface area contributed by atoms with Crippen LogP contribution in [0.1, 0.15) is 71.5 Å². The minimum atomic E-state index is -0.518. The molecule has 0 saturated heterocycles. The van der Waals surface area contributed by atoms with Crippen molar-refractivity contribution in [1.82, 2.24) is 5.32 Å². The molecule has 1 amide bonds. The lowest BCUT2D eigenvalue weighted by molar-refractivity contribution is -0.152. The van der Waals surface area contributed by atoms with Crippen LogP contribution in [0.25, 0.3) is 0 Å². The van der Waals surface area contributed by atoms with Crippen molar-refractivity contribution in [2.24, 2.45) is 5.41 Å². The predicted molar refractivity (Wildman–Crippen MR) is 95.4 cm³/mol. The molecule has 3 rings (SSSR count). The molecule has 4 nitrogen and oxygen atoms in total. The summed E-state index contributed by atoms with van der Waals surface area (Å²) in [6.07, 6.45) is 10.9. The lowest BCUT2D eigenvalue weighted by Gasteiger charge is -2.25. The van der Waals surface area contributed by atoms with Gasteiger partial charge in [0.1, 0.15) is 0 Å². The van der Waals surface area contributed by atoms with Crippen LogP contribution < -0.4 is 5.32 Å². The summed E-state index contributed by atoms with van der Waals surface area (Å²) >= 11 is 1.63. The summed E-state index contributed by atoms with van der Waals surface area (Å²) in [5, 5.41) is 3.01. The number of thiophene rings is 1. The predicted octanol–water partition coefficient (Wildman–Crippen LogP) is 3.87. The molecular weight excluding hydrogens is 322 g/mol. The van der Waals surface area contributed by atoms with Crippen LogP contribution in [0.15, 0.2) is 6.07 Å². The maximum Gasteiger partial charge on any atom is 0.313 e. The molecule has 0 aliphatic heterocycles. The van der Waals surface area contributed by atoms with Gasteiger partial charge in [0.15, 0.2) is 0 Å². The van der Waals surface area contributed by atoms with E-state index in [1.807, 2.05) is 0 Å². The Labute approximate surface area is 148 Å². The molecule has 2 aliphatic rings. The van der Waals surface area contributed by atoms with Gasteiger partial charge in [-0.3, -0.25) is 9.59 Å². The maximum atomic E-state index is 12.6. The van der Waals surface area contributed by atoms with Crippen LogP contribution in [-0.2, 0) is 22.4 Å². The molecule has 0 aromatic carbocycles. The van der Waals surface area contributed by atoms with E-state index in [0.29, 0.717) is 6.54 Å². The highest BCUT2D eigenvalue weighted by molar-refractivity contribution is 7.14. The average molecular weight is 349 g/mol. The van der Waals surface area contributed by atoms with Crippen molar-refractivity contribution in [3.8, 4) is 0 Å². The van der Waals surface area contributed by atoms with Gasteiger partial charge in [-0.25, -0.2) is 0 Å². The highest BCUT2D eigenvalue weighted by Gasteiger charge is 2.42. The van der Waals surface area contributed by atoms with Crippen molar-refractivity contribution in [2.45, 2.75) is 64.2 Å². The van der Waals surface area contributed by atoms with Gasteiger partial charge in [0.2, 0.25) is 0 Å². The number of rotatable bonds is 4. The SMILES string of the molecule is COC(=O)C1(CNC(=O)c2cc3c(s2)CCCCCC3)CCCC1. The fourth-order valence-corrected chi connectivity index (χ4v) is 5.18. The Morgan fingerprint density at radius 2 is 1.83 bits per heavy atom. The fourth-order valence-electron chi connectivity index (χ4n) is 4.01. The summed E-state index contributed by atoms with van der Waals surface area (Å²) in [6.45, 7) is 0.390. The second kappa shape index (κ2) is 7.68. The number of carbonyl (C=O) groups excluding carboxylic acids is 2. The Balaban J connectivity index is 1.66. The van der Waals surface area contributed by atoms with E-state index >= 15 is 0 Å². The molecule has 5 heteroatoms. The van der Waals surface area contributed by atoms with E-state index in [1.54, 1.807) is 11.3 Å². The summed E-state index contributed by atoms with van der Waals surface area (Å²) in [5.41, 5.74) is 0.837. The van der Waals surface area contributed by atoms with Gasteiger partial charge in [0, 0.05) is 11.4 Å². The lowest BCUT2D eigenvalue weighted by atomic mass is 9.86. The molecule has 2 aliphatic carbocycles. The highest BCUT2D eigenvalue weighted by atomic mass is 32.1. The lowest BCUT2D eigenvalue weighted by Crippen LogP contribution is -2.41. The van der Waals surface area contributed by atoms with E-state index in [0.717, 1.165) is 43.4 Å². The van der Waals surface area contributed by atoms with Crippen molar-refractivity contribution in [1.29, 1.82) is 0 Å². The normalized spacial score (nSPS) is 19.9. The number of hydrogen-bond donors (Lipinski definition) is 1. The Bertz CT molecular complexity index is 576. The number of amides is 1. The number of ether oxygens (including phenoxy) is 1. The van der Waals surface area contributed by atoms with Gasteiger partial charge in [0.25, 0.3) is 5.91 Å². The molecule has 1 aromatic rings. The number of carbonyl (C=O) groups is 2. The van der Waals surface area contributed by atoms with Crippen molar-refractivity contribution < 1.29 is 14.3 Å². The summed E-state index contributed by atoms with van der Waals surface area (Å²) < 4.78 is 4.98. The quantitative estimate of drug-likeness (QED) is 0.840. The number of nitrogens with one attached hydrogen (secondary N) is 1. The van der Waals surface area contributed by atoms with E-state index in [-0.39, 0.29) is 11.9 Å². The molecule has 1 saturated carbocycles. The standard InChI is InChI=1S/C19H27NO3S/c1-23-18(22)19(10-6-7-11-19)13-20-17(21)16-12-14-8-4-2-3-5-9-15(14)24-16/h12H,2-11,13H2,1H3,(H,20,21).